The van der Waals surface area contributed by atoms with Crippen LogP contribution in [0.4, 0.5) is 13.2 Å². The second-order valence-corrected chi connectivity index (χ2v) is 10.5. The summed E-state index contributed by atoms with van der Waals surface area (Å²) in [6.07, 6.45) is -3.21. The Hall–Kier alpha value is -2.68. The Morgan fingerprint density at radius 2 is 1.68 bits per heavy atom. The van der Waals surface area contributed by atoms with Gasteiger partial charge in [-0.2, -0.15) is 13.2 Å². The van der Waals surface area contributed by atoms with E-state index in [1.165, 1.54) is 12.5 Å². The summed E-state index contributed by atoms with van der Waals surface area (Å²) < 4.78 is 43.4. The van der Waals surface area contributed by atoms with E-state index in [-0.39, 0.29) is 18.3 Å². The molecule has 0 fully saturated rings. The van der Waals surface area contributed by atoms with Gasteiger partial charge in [-0.05, 0) is 48.1 Å². The molecule has 0 aliphatic heterocycles. The predicted molar refractivity (Wildman–Crippen MR) is 162 cm³/mol. The van der Waals surface area contributed by atoms with Gasteiger partial charge in [0.2, 0.25) is 0 Å². The van der Waals surface area contributed by atoms with Gasteiger partial charge in [0.25, 0.3) is 0 Å². The van der Waals surface area contributed by atoms with Crippen molar-refractivity contribution in [2.45, 2.75) is 65.0 Å². The molecule has 0 aliphatic carbocycles. The molecule has 4 rings (SSSR count). The van der Waals surface area contributed by atoms with E-state index in [0.29, 0.717) is 38.6 Å². The fourth-order valence-corrected chi connectivity index (χ4v) is 5.07. The molecule has 0 amide bonds. The van der Waals surface area contributed by atoms with Crippen LogP contribution in [-0.4, -0.2) is 40.2 Å². The van der Waals surface area contributed by atoms with Crippen LogP contribution in [0.15, 0.2) is 59.5 Å². The lowest BCUT2D eigenvalue weighted by Gasteiger charge is -2.16. The topological polar surface area (TPSA) is 58.1 Å². The molecule has 40 heavy (non-hydrogen) atoms. The van der Waals surface area contributed by atoms with Gasteiger partial charge in [-0.25, -0.2) is 4.98 Å². The van der Waals surface area contributed by atoms with Gasteiger partial charge in [0.15, 0.2) is 6.61 Å². The van der Waals surface area contributed by atoms with E-state index in [4.69, 9.17) is 21.3 Å². The number of thioether (sulfide) groups is 1. The smallest absolute Gasteiger partial charge is 0.422 e. The Morgan fingerprint density at radius 3 is 2.25 bits per heavy atom. The van der Waals surface area contributed by atoms with Crippen LogP contribution in [0.2, 0.25) is 5.02 Å². The molecule has 0 saturated heterocycles. The molecule has 0 aliphatic rings. The maximum absolute atomic E-state index is 12.8. The number of hydrogen-bond donors (Lipinski definition) is 2. The summed E-state index contributed by atoms with van der Waals surface area (Å²) in [4.78, 5) is 9.17. The van der Waals surface area contributed by atoms with E-state index in [1.54, 1.807) is 36.0 Å². The number of aryl methyl sites for hydroxylation is 1. The van der Waals surface area contributed by atoms with Crippen LogP contribution < -0.4 is 4.74 Å². The molecule has 0 saturated carbocycles. The minimum absolute atomic E-state index is 0.0863. The maximum atomic E-state index is 12.8. The van der Waals surface area contributed by atoms with Crippen LogP contribution in [-0.2, 0) is 0 Å². The number of para-hydroxylation sites is 1. The van der Waals surface area contributed by atoms with Crippen LogP contribution in [0.5, 0.6) is 5.75 Å². The Labute approximate surface area is 244 Å². The van der Waals surface area contributed by atoms with Crippen molar-refractivity contribution in [2.24, 2.45) is 0 Å². The van der Waals surface area contributed by atoms with E-state index >= 15 is 0 Å². The first kappa shape index (κ1) is 33.5. The van der Waals surface area contributed by atoms with Gasteiger partial charge in [-0.3, -0.25) is 0 Å². The predicted octanol–water partition coefficient (Wildman–Crippen LogP) is 9.81. The summed E-state index contributed by atoms with van der Waals surface area (Å²) in [5.41, 5.74) is 3.93. The average Bonchev–Trinajstić information content (AvgIpc) is 3.34. The molecule has 4 aromatic rings. The molecule has 1 atom stereocenters. The fourth-order valence-electron chi connectivity index (χ4n) is 4.06. The van der Waals surface area contributed by atoms with Gasteiger partial charge in [-0.1, -0.05) is 83.0 Å². The molecule has 1 aromatic heterocycles. The van der Waals surface area contributed by atoms with Gasteiger partial charge in [0.05, 0.1) is 28.6 Å². The zero-order valence-corrected chi connectivity index (χ0v) is 25.4. The highest BCUT2D eigenvalue weighted by Gasteiger charge is 2.29. The number of fused-ring (bicyclic) bond motifs is 1. The van der Waals surface area contributed by atoms with Crippen molar-refractivity contribution in [2.75, 3.05) is 19.0 Å². The molecular weight excluding hydrogens is 557 g/mol. The lowest BCUT2D eigenvalue weighted by atomic mass is 9.98. The molecule has 9 heteroatoms. The number of hydrogen-bond acceptors (Lipinski definition) is 4. The second-order valence-electron chi connectivity index (χ2n) is 8.72. The third-order valence-electron chi connectivity index (χ3n) is 5.64. The number of nitrogens with one attached hydrogen (secondary N) is 1. The van der Waals surface area contributed by atoms with Crippen molar-refractivity contribution >= 4 is 34.4 Å². The number of benzene rings is 3. The number of aliphatic hydroxyl groups is 1. The zero-order valence-electron chi connectivity index (χ0n) is 23.8. The number of imidazole rings is 1. The Kier molecular flexibility index (Phi) is 13.4. The Balaban J connectivity index is 0.00000105. The standard InChI is InChI=1S/C26H24ClF3N2O2S.C3H8.C2H6/c1-3-35-17-10-8-16(9-11-17)19(13-33)25-31-21-12-20(27)23(15(2)24(21)32-25)18-6-4-5-7-22(18)34-14-26(28,29)30;1-3-2;1-2/h4-12,19,33H,3,13-14H2,1-2H3,(H,31,32);3H2,1-2H3;1-2H3. The monoisotopic (exact) mass is 594 g/mol. The van der Waals surface area contributed by atoms with Crippen molar-refractivity contribution in [3.63, 3.8) is 0 Å². The first-order valence-electron chi connectivity index (χ1n) is 13.4. The third kappa shape index (κ3) is 8.66. The van der Waals surface area contributed by atoms with Crippen molar-refractivity contribution in [3.05, 3.63) is 76.6 Å². The first-order chi connectivity index (χ1) is 19.1. The molecule has 3 aromatic carbocycles. The minimum atomic E-state index is -4.46. The van der Waals surface area contributed by atoms with E-state index in [9.17, 15) is 18.3 Å². The van der Waals surface area contributed by atoms with E-state index in [0.717, 1.165) is 16.2 Å². The fraction of sp³-hybridized carbons (Fsp3) is 0.387. The van der Waals surface area contributed by atoms with Gasteiger partial charge in [0, 0.05) is 16.0 Å². The highest BCUT2D eigenvalue weighted by molar-refractivity contribution is 7.99. The normalized spacial score (nSPS) is 11.8. The minimum Gasteiger partial charge on any atom is -0.483 e. The number of aliphatic hydroxyl groups excluding tert-OH is 1. The number of halogens is 4. The van der Waals surface area contributed by atoms with Gasteiger partial charge in [0.1, 0.15) is 11.6 Å². The SMILES string of the molecule is CC.CCC.CCSc1ccc(C(CO)c2nc3c(C)c(-c4ccccc4OCC(F)(F)F)c(Cl)cc3[nH]2)cc1. The van der Waals surface area contributed by atoms with Crippen molar-refractivity contribution < 1.29 is 23.0 Å². The van der Waals surface area contributed by atoms with Gasteiger partial charge < -0.3 is 14.8 Å². The molecule has 2 N–H and O–H groups in total. The molecule has 0 bridgehead atoms. The van der Waals surface area contributed by atoms with Crippen LogP contribution in [0.1, 0.15) is 63.9 Å². The quantitative estimate of drug-likeness (QED) is 0.199. The summed E-state index contributed by atoms with van der Waals surface area (Å²) in [5, 5.41) is 10.5. The summed E-state index contributed by atoms with van der Waals surface area (Å²) in [6.45, 7) is 10.6. The highest BCUT2D eigenvalue weighted by atomic mass is 35.5. The second kappa shape index (κ2) is 15.9. The molecule has 4 nitrogen and oxygen atoms in total. The van der Waals surface area contributed by atoms with E-state index in [1.807, 2.05) is 45.0 Å². The number of ether oxygens (including phenoxy) is 1. The van der Waals surface area contributed by atoms with Crippen molar-refractivity contribution in [1.82, 2.24) is 9.97 Å². The van der Waals surface area contributed by atoms with Crippen LogP contribution in [0, 0.1) is 6.92 Å². The summed E-state index contributed by atoms with van der Waals surface area (Å²) in [7, 11) is 0. The van der Waals surface area contributed by atoms with E-state index < -0.39 is 12.8 Å². The number of H-pyrrole nitrogens is 1. The maximum Gasteiger partial charge on any atom is 0.422 e. The number of aromatic nitrogens is 2. The number of rotatable bonds is 8. The Morgan fingerprint density at radius 1 is 1.05 bits per heavy atom. The van der Waals surface area contributed by atoms with Crippen molar-refractivity contribution in [3.8, 4) is 16.9 Å². The van der Waals surface area contributed by atoms with Crippen LogP contribution in [0.3, 0.4) is 0 Å². The van der Waals surface area contributed by atoms with Gasteiger partial charge >= 0.3 is 6.18 Å². The largest absolute Gasteiger partial charge is 0.483 e. The molecular formula is C31H38ClF3N2O2S. The lowest BCUT2D eigenvalue weighted by molar-refractivity contribution is -0.153. The number of aromatic amines is 1. The zero-order chi connectivity index (χ0) is 29.9. The molecule has 218 valence electrons. The van der Waals surface area contributed by atoms with E-state index in [2.05, 4.69) is 25.8 Å². The Bertz CT molecular complexity index is 1340. The summed E-state index contributed by atoms with van der Waals surface area (Å²) in [6, 6.07) is 16.2. The molecule has 1 unspecified atom stereocenters. The lowest BCUT2D eigenvalue weighted by Crippen LogP contribution is -2.19. The molecule has 0 spiro atoms. The first-order valence-corrected chi connectivity index (χ1v) is 14.8. The molecule has 0 radical (unpaired) electrons. The number of alkyl halides is 3. The average molecular weight is 595 g/mol. The summed E-state index contributed by atoms with van der Waals surface area (Å²) in [5.74, 6) is 1.27. The molecule has 1 heterocycles. The van der Waals surface area contributed by atoms with Crippen LogP contribution in [0.25, 0.3) is 22.2 Å². The third-order valence-corrected chi connectivity index (χ3v) is 6.84. The highest BCUT2D eigenvalue weighted by Crippen LogP contribution is 2.41. The summed E-state index contributed by atoms with van der Waals surface area (Å²) >= 11 is 8.35. The number of nitrogens with zero attached hydrogens (tertiary/aromatic N) is 1. The van der Waals surface area contributed by atoms with Gasteiger partial charge in [-0.15, -0.1) is 11.8 Å². The van der Waals surface area contributed by atoms with Crippen molar-refractivity contribution in [1.29, 1.82) is 0 Å². The van der Waals surface area contributed by atoms with Crippen LogP contribution >= 0.6 is 23.4 Å².